The number of rotatable bonds is 10. The number of hydrogen-bond donors (Lipinski definition) is 2. The highest BCUT2D eigenvalue weighted by Crippen LogP contribution is 2.38. The van der Waals surface area contributed by atoms with Crippen molar-refractivity contribution in [2.45, 2.75) is 88.8 Å². The lowest BCUT2D eigenvalue weighted by molar-refractivity contribution is -0.121. The molecule has 2 aliphatic rings. The molecule has 2 amide bonds. The van der Waals surface area contributed by atoms with E-state index < -0.39 is 61.4 Å². The summed E-state index contributed by atoms with van der Waals surface area (Å²) in [6.45, 7) is 1.49. The third kappa shape index (κ3) is 5.96. The predicted octanol–water partition coefficient (Wildman–Crippen LogP) is 3.09. The van der Waals surface area contributed by atoms with Gasteiger partial charge in [0.05, 0.1) is 17.9 Å². The molecule has 2 N–H and O–H groups in total. The van der Waals surface area contributed by atoms with Crippen LogP contribution in [0.3, 0.4) is 0 Å². The van der Waals surface area contributed by atoms with Crippen LogP contribution in [0.25, 0.3) is 0 Å². The molecular weight excluding hydrogens is 540 g/mol. The largest absolute Gasteiger partial charge is 0.338 e. The van der Waals surface area contributed by atoms with Crippen LogP contribution in [0.2, 0.25) is 0 Å². The highest BCUT2D eigenvalue weighted by atomic mass is 19.3. The predicted molar refractivity (Wildman–Crippen MR) is 128 cm³/mol. The van der Waals surface area contributed by atoms with Gasteiger partial charge >= 0.3 is 0 Å². The lowest BCUT2D eigenvalue weighted by Crippen LogP contribution is -2.50. The summed E-state index contributed by atoms with van der Waals surface area (Å²) in [6.07, 6.45) is 1.16. The van der Waals surface area contributed by atoms with E-state index in [-0.39, 0.29) is 41.8 Å². The van der Waals surface area contributed by atoms with Crippen molar-refractivity contribution < 1.29 is 31.8 Å². The minimum absolute atomic E-state index is 0.000957. The summed E-state index contributed by atoms with van der Waals surface area (Å²) in [7, 11) is 0. The molecule has 13 nitrogen and oxygen atoms in total. The number of halogens is 4. The summed E-state index contributed by atoms with van der Waals surface area (Å²) in [5, 5.41) is 28.1. The van der Waals surface area contributed by atoms with Crippen molar-refractivity contribution in [2.75, 3.05) is 5.32 Å². The summed E-state index contributed by atoms with van der Waals surface area (Å²) in [5.41, 5.74) is 0.222. The van der Waals surface area contributed by atoms with Crippen molar-refractivity contribution in [2.24, 2.45) is 5.92 Å². The maximum Gasteiger partial charge on any atom is 0.276 e. The third-order valence-electron chi connectivity index (χ3n) is 7.50. The third-order valence-corrected chi connectivity index (χ3v) is 7.50. The standard InChI is InChI=1S/C23H28F4N10O3/c1-12-18(33-40-32-12)21(38)30-19(13-5-7-23(26,27)8-6-13)22(39)29-14-10-28-36(11-14)16(9-17(24)25)20-31-34-35-37(20)15-3-2-4-15/h10-11,13,15-17,19H,2-9H2,1H3,(H,29,39)(H,30,38)/t16?,19-/m0/s1. The van der Waals surface area contributed by atoms with E-state index in [1.54, 1.807) is 4.68 Å². The molecule has 0 spiro atoms. The Labute approximate surface area is 225 Å². The second-order valence-electron chi connectivity index (χ2n) is 10.2. The van der Waals surface area contributed by atoms with Gasteiger partial charge < -0.3 is 10.6 Å². The van der Waals surface area contributed by atoms with Crippen LogP contribution in [0.4, 0.5) is 23.2 Å². The summed E-state index contributed by atoms with van der Waals surface area (Å²) < 4.78 is 62.1. The Kier molecular flexibility index (Phi) is 7.80. The van der Waals surface area contributed by atoms with Crippen LogP contribution in [-0.4, -0.2) is 70.5 Å². The summed E-state index contributed by atoms with van der Waals surface area (Å²) in [4.78, 5) is 26.2. The van der Waals surface area contributed by atoms with E-state index in [0.29, 0.717) is 0 Å². The first-order valence-electron chi connectivity index (χ1n) is 13.0. The quantitative estimate of drug-likeness (QED) is 0.351. The second-order valence-corrected chi connectivity index (χ2v) is 10.2. The van der Waals surface area contributed by atoms with Crippen LogP contribution in [0.1, 0.15) is 85.5 Å². The first-order chi connectivity index (χ1) is 19.1. The van der Waals surface area contributed by atoms with E-state index in [2.05, 4.69) is 46.2 Å². The van der Waals surface area contributed by atoms with Gasteiger partial charge in [0, 0.05) is 25.5 Å². The van der Waals surface area contributed by atoms with Crippen molar-refractivity contribution in [1.29, 1.82) is 0 Å². The number of nitrogens with one attached hydrogen (secondary N) is 2. The Bertz CT molecular complexity index is 1330. The van der Waals surface area contributed by atoms with Crippen LogP contribution in [0, 0.1) is 12.8 Å². The summed E-state index contributed by atoms with van der Waals surface area (Å²) in [5.74, 6) is -4.62. The molecule has 0 aromatic carbocycles. The lowest BCUT2D eigenvalue weighted by atomic mass is 9.81. The number of aryl methyl sites for hydroxylation is 1. The number of carbonyl (C=O) groups is 2. The van der Waals surface area contributed by atoms with Crippen molar-refractivity contribution in [3.63, 3.8) is 0 Å². The molecule has 17 heteroatoms. The van der Waals surface area contributed by atoms with Crippen LogP contribution in [-0.2, 0) is 4.79 Å². The molecule has 2 aliphatic carbocycles. The number of tetrazole rings is 1. The average Bonchev–Trinajstić information content (AvgIpc) is 3.62. The fourth-order valence-corrected chi connectivity index (χ4v) is 5.05. The number of aromatic nitrogens is 8. The van der Waals surface area contributed by atoms with Gasteiger partial charge in [-0.15, -0.1) is 5.10 Å². The molecule has 0 bridgehead atoms. The van der Waals surface area contributed by atoms with Crippen LogP contribution in [0.5, 0.6) is 0 Å². The first-order valence-corrected chi connectivity index (χ1v) is 13.0. The minimum Gasteiger partial charge on any atom is -0.338 e. The molecule has 0 radical (unpaired) electrons. The highest BCUT2D eigenvalue weighted by molar-refractivity contribution is 6.00. The van der Waals surface area contributed by atoms with E-state index in [0.717, 1.165) is 19.3 Å². The zero-order chi connectivity index (χ0) is 28.4. The zero-order valence-corrected chi connectivity index (χ0v) is 21.5. The smallest absolute Gasteiger partial charge is 0.276 e. The van der Waals surface area contributed by atoms with Crippen molar-refractivity contribution in [1.82, 2.24) is 45.6 Å². The van der Waals surface area contributed by atoms with Crippen LogP contribution in [0.15, 0.2) is 17.0 Å². The van der Waals surface area contributed by atoms with E-state index >= 15 is 0 Å². The molecule has 2 saturated carbocycles. The fourth-order valence-electron chi connectivity index (χ4n) is 5.05. The van der Waals surface area contributed by atoms with Gasteiger partial charge in [-0.25, -0.2) is 26.9 Å². The number of nitrogens with zero attached hydrogens (tertiary/aromatic N) is 8. The topological polar surface area (TPSA) is 159 Å². The fraction of sp³-hybridized carbons (Fsp3) is 0.652. The Morgan fingerprint density at radius 1 is 1.18 bits per heavy atom. The molecule has 3 aromatic heterocycles. The Hall–Kier alpha value is -3.92. The molecule has 1 unspecified atom stereocenters. The Morgan fingerprint density at radius 3 is 2.55 bits per heavy atom. The maximum atomic E-state index is 13.8. The summed E-state index contributed by atoms with van der Waals surface area (Å²) >= 11 is 0. The molecule has 5 rings (SSSR count). The van der Waals surface area contributed by atoms with Gasteiger partial charge in [0.2, 0.25) is 18.3 Å². The van der Waals surface area contributed by atoms with Gasteiger partial charge in [0.25, 0.3) is 5.91 Å². The molecule has 0 saturated heterocycles. The van der Waals surface area contributed by atoms with Crippen molar-refractivity contribution >= 4 is 17.5 Å². The van der Waals surface area contributed by atoms with E-state index in [4.69, 9.17) is 0 Å². The summed E-state index contributed by atoms with van der Waals surface area (Å²) in [6, 6.07) is -2.17. The first kappa shape index (κ1) is 27.6. The molecule has 40 heavy (non-hydrogen) atoms. The molecule has 0 aliphatic heterocycles. The molecule has 2 atom stereocenters. The van der Waals surface area contributed by atoms with Gasteiger partial charge in [-0.2, -0.15) is 5.10 Å². The number of carbonyl (C=O) groups excluding carboxylic acids is 2. The number of amides is 2. The van der Waals surface area contributed by atoms with Crippen molar-refractivity contribution in [3.8, 4) is 0 Å². The SMILES string of the molecule is Cc1nonc1C(=O)N[C@H](C(=O)Nc1cnn(C(CC(F)F)c2nnnn2C2CCC2)c1)C1CCC(F)(F)CC1. The van der Waals surface area contributed by atoms with Crippen LogP contribution >= 0.6 is 0 Å². The lowest BCUT2D eigenvalue weighted by Gasteiger charge is -2.33. The average molecular weight is 569 g/mol. The molecule has 216 valence electrons. The number of anilines is 1. The highest BCUT2D eigenvalue weighted by Gasteiger charge is 2.41. The van der Waals surface area contributed by atoms with E-state index in [1.807, 2.05) is 0 Å². The Balaban J connectivity index is 1.35. The number of hydrogen-bond acceptors (Lipinski definition) is 9. The zero-order valence-electron chi connectivity index (χ0n) is 21.5. The van der Waals surface area contributed by atoms with E-state index in [9.17, 15) is 27.2 Å². The molecule has 3 heterocycles. The molecular formula is C23H28F4N10O3. The number of alkyl halides is 4. The monoisotopic (exact) mass is 568 g/mol. The minimum atomic E-state index is -2.84. The van der Waals surface area contributed by atoms with Gasteiger partial charge in [-0.3, -0.25) is 14.3 Å². The maximum absolute atomic E-state index is 13.8. The Morgan fingerprint density at radius 2 is 1.93 bits per heavy atom. The van der Waals surface area contributed by atoms with Crippen LogP contribution < -0.4 is 10.6 Å². The second kappa shape index (κ2) is 11.3. The molecule has 3 aromatic rings. The van der Waals surface area contributed by atoms with Gasteiger partial charge in [-0.05, 0) is 60.5 Å². The van der Waals surface area contributed by atoms with Crippen molar-refractivity contribution in [3.05, 3.63) is 29.6 Å². The van der Waals surface area contributed by atoms with Gasteiger partial charge in [-0.1, -0.05) is 5.16 Å². The van der Waals surface area contributed by atoms with Gasteiger partial charge in [0.15, 0.2) is 11.5 Å². The van der Waals surface area contributed by atoms with E-state index in [1.165, 1.54) is 24.0 Å². The normalized spacial score (nSPS) is 19.2. The van der Waals surface area contributed by atoms with Gasteiger partial charge in [0.1, 0.15) is 17.8 Å². The molecule has 2 fully saturated rings.